The lowest BCUT2D eigenvalue weighted by Crippen LogP contribution is -2.41. The zero-order chi connectivity index (χ0) is 15.6. The van der Waals surface area contributed by atoms with Crippen LogP contribution < -0.4 is 11.1 Å². The van der Waals surface area contributed by atoms with Gasteiger partial charge < -0.3 is 11.1 Å². The molecule has 6 heteroatoms. The molecule has 0 spiro atoms. The zero-order valence-corrected chi connectivity index (χ0v) is 13.0. The second kappa shape index (κ2) is 6.73. The number of halogens is 2. The van der Waals surface area contributed by atoms with Crippen molar-refractivity contribution in [3.63, 3.8) is 0 Å². The Balaban J connectivity index is 2.11. The SMILES string of the molecule is C[C@@H](N)C(=O)NCC1CCN(C)C1c1ccc(Cl)c(F)c1. The summed E-state index contributed by atoms with van der Waals surface area (Å²) in [5.41, 5.74) is 6.43. The van der Waals surface area contributed by atoms with Gasteiger partial charge in [0.05, 0.1) is 11.1 Å². The van der Waals surface area contributed by atoms with Gasteiger partial charge in [-0.25, -0.2) is 4.39 Å². The Morgan fingerprint density at radius 1 is 1.62 bits per heavy atom. The van der Waals surface area contributed by atoms with E-state index in [4.69, 9.17) is 17.3 Å². The molecule has 116 valence electrons. The van der Waals surface area contributed by atoms with Crippen LogP contribution in [0.15, 0.2) is 18.2 Å². The lowest BCUT2D eigenvalue weighted by atomic mass is 9.93. The van der Waals surface area contributed by atoms with Crippen LogP contribution in [0.5, 0.6) is 0 Å². The van der Waals surface area contributed by atoms with Crippen LogP contribution in [0.1, 0.15) is 24.9 Å². The number of nitrogens with two attached hydrogens (primary N) is 1. The number of hydrogen-bond donors (Lipinski definition) is 2. The first-order valence-electron chi connectivity index (χ1n) is 7.08. The molecule has 3 atom stereocenters. The number of rotatable bonds is 4. The van der Waals surface area contributed by atoms with E-state index < -0.39 is 11.9 Å². The summed E-state index contributed by atoms with van der Waals surface area (Å²) in [6, 6.07) is 4.46. The fourth-order valence-corrected chi connectivity index (χ4v) is 2.97. The van der Waals surface area contributed by atoms with Gasteiger partial charge >= 0.3 is 0 Å². The van der Waals surface area contributed by atoms with E-state index in [0.717, 1.165) is 18.5 Å². The highest BCUT2D eigenvalue weighted by atomic mass is 35.5. The van der Waals surface area contributed by atoms with Crippen molar-refractivity contribution >= 4 is 17.5 Å². The van der Waals surface area contributed by atoms with Gasteiger partial charge in [0.25, 0.3) is 0 Å². The monoisotopic (exact) mass is 313 g/mol. The summed E-state index contributed by atoms with van der Waals surface area (Å²) in [5.74, 6) is -0.336. The standard InChI is InChI=1S/C15H21ClFN3O/c1-9(18)15(21)19-8-11-5-6-20(2)14(11)10-3-4-12(16)13(17)7-10/h3-4,7,9,11,14H,5-6,8,18H2,1-2H3,(H,19,21)/t9-,11?,14?/m1/s1. The van der Waals surface area contributed by atoms with Crippen molar-refractivity contribution in [2.45, 2.75) is 25.4 Å². The molecule has 1 saturated heterocycles. The molecule has 0 aliphatic carbocycles. The molecule has 0 aromatic heterocycles. The van der Waals surface area contributed by atoms with Gasteiger partial charge in [-0.05, 0) is 50.6 Å². The lowest BCUT2D eigenvalue weighted by molar-refractivity contribution is -0.122. The molecule has 1 aliphatic rings. The maximum Gasteiger partial charge on any atom is 0.236 e. The van der Waals surface area contributed by atoms with Gasteiger partial charge in [0.2, 0.25) is 5.91 Å². The number of amides is 1. The number of carbonyl (C=O) groups is 1. The van der Waals surface area contributed by atoms with Gasteiger partial charge in [0.15, 0.2) is 0 Å². The molecule has 1 aliphatic heterocycles. The second-order valence-corrected chi connectivity index (χ2v) is 6.09. The molecule has 3 N–H and O–H groups in total. The first kappa shape index (κ1) is 16.2. The van der Waals surface area contributed by atoms with Gasteiger partial charge in [-0.2, -0.15) is 0 Å². The van der Waals surface area contributed by atoms with Crippen molar-refractivity contribution in [3.05, 3.63) is 34.6 Å². The first-order chi connectivity index (χ1) is 9.90. The topological polar surface area (TPSA) is 58.4 Å². The summed E-state index contributed by atoms with van der Waals surface area (Å²) in [4.78, 5) is 13.8. The fourth-order valence-electron chi connectivity index (χ4n) is 2.86. The Morgan fingerprint density at radius 2 is 2.33 bits per heavy atom. The Labute approximate surface area is 129 Å². The summed E-state index contributed by atoms with van der Waals surface area (Å²) < 4.78 is 13.7. The van der Waals surface area contributed by atoms with E-state index >= 15 is 0 Å². The molecule has 1 heterocycles. The minimum atomic E-state index is -0.518. The van der Waals surface area contributed by atoms with Crippen LogP contribution in [-0.4, -0.2) is 37.0 Å². The van der Waals surface area contributed by atoms with Gasteiger partial charge in [-0.1, -0.05) is 17.7 Å². The molecule has 0 saturated carbocycles. The average molecular weight is 314 g/mol. The minimum Gasteiger partial charge on any atom is -0.354 e. The highest BCUT2D eigenvalue weighted by Crippen LogP contribution is 2.36. The van der Waals surface area contributed by atoms with E-state index in [0.29, 0.717) is 6.54 Å². The van der Waals surface area contributed by atoms with Crippen LogP contribution in [0.4, 0.5) is 4.39 Å². The molecule has 2 unspecified atom stereocenters. The van der Waals surface area contributed by atoms with Crippen molar-refractivity contribution in [2.75, 3.05) is 20.1 Å². The maximum absolute atomic E-state index is 13.7. The number of carbonyl (C=O) groups excluding carboxylic acids is 1. The Morgan fingerprint density at radius 3 is 2.95 bits per heavy atom. The van der Waals surface area contributed by atoms with Crippen molar-refractivity contribution in [2.24, 2.45) is 11.7 Å². The fraction of sp³-hybridized carbons (Fsp3) is 0.533. The number of nitrogens with one attached hydrogen (secondary N) is 1. The highest BCUT2D eigenvalue weighted by molar-refractivity contribution is 6.30. The Bertz CT molecular complexity index is 524. The van der Waals surface area contributed by atoms with Crippen molar-refractivity contribution in [1.29, 1.82) is 0 Å². The van der Waals surface area contributed by atoms with Gasteiger partial charge in [-0.15, -0.1) is 0 Å². The van der Waals surface area contributed by atoms with Gasteiger partial charge in [-0.3, -0.25) is 9.69 Å². The summed E-state index contributed by atoms with van der Waals surface area (Å²) in [7, 11) is 2.00. The number of benzene rings is 1. The Kier molecular flexibility index (Phi) is 5.19. The first-order valence-corrected chi connectivity index (χ1v) is 7.46. The molecule has 1 aromatic rings. The summed E-state index contributed by atoms with van der Waals surface area (Å²) in [6.07, 6.45) is 0.949. The van der Waals surface area contributed by atoms with Crippen LogP contribution >= 0.6 is 11.6 Å². The Hall–Kier alpha value is -1.17. The summed E-state index contributed by atoms with van der Waals surface area (Å²) in [5, 5.41) is 2.99. The van der Waals surface area contributed by atoms with E-state index in [-0.39, 0.29) is 22.9 Å². The molecule has 4 nitrogen and oxygen atoms in total. The van der Waals surface area contributed by atoms with Crippen LogP contribution in [0.25, 0.3) is 0 Å². The van der Waals surface area contributed by atoms with E-state index in [1.165, 1.54) is 6.07 Å². The second-order valence-electron chi connectivity index (χ2n) is 5.68. The quantitative estimate of drug-likeness (QED) is 0.893. The average Bonchev–Trinajstić information content (AvgIpc) is 2.80. The number of nitrogens with zero attached hydrogens (tertiary/aromatic N) is 1. The molecule has 0 bridgehead atoms. The van der Waals surface area contributed by atoms with E-state index in [1.54, 1.807) is 13.0 Å². The number of likely N-dealkylation sites (tertiary alicyclic amines) is 1. The molecule has 2 rings (SSSR count). The van der Waals surface area contributed by atoms with E-state index in [1.807, 2.05) is 13.1 Å². The zero-order valence-electron chi connectivity index (χ0n) is 12.3. The van der Waals surface area contributed by atoms with Crippen LogP contribution in [0, 0.1) is 11.7 Å². The summed E-state index contributed by atoms with van der Waals surface area (Å²) >= 11 is 5.74. The third kappa shape index (κ3) is 3.73. The van der Waals surface area contributed by atoms with Crippen LogP contribution in [0.2, 0.25) is 5.02 Å². The maximum atomic E-state index is 13.7. The predicted octanol–water partition coefficient (Wildman–Crippen LogP) is 1.94. The third-order valence-electron chi connectivity index (χ3n) is 4.01. The molecule has 1 fully saturated rings. The van der Waals surface area contributed by atoms with Gasteiger partial charge in [0.1, 0.15) is 5.82 Å². The third-order valence-corrected chi connectivity index (χ3v) is 4.32. The van der Waals surface area contributed by atoms with Crippen LogP contribution in [-0.2, 0) is 4.79 Å². The van der Waals surface area contributed by atoms with E-state index in [9.17, 15) is 9.18 Å². The summed E-state index contributed by atoms with van der Waals surface area (Å²) in [6.45, 7) is 3.11. The minimum absolute atomic E-state index is 0.0742. The molecular weight excluding hydrogens is 293 g/mol. The van der Waals surface area contributed by atoms with Crippen molar-refractivity contribution in [1.82, 2.24) is 10.2 Å². The predicted molar refractivity (Wildman–Crippen MR) is 81.5 cm³/mol. The van der Waals surface area contributed by atoms with Crippen molar-refractivity contribution in [3.8, 4) is 0 Å². The molecular formula is C15H21ClFN3O. The molecule has 21 heavy (non-hydrogen) atoms. The van der Waals surface area contributed by atoms with Gasteiger partial charge in [0, 0.05) is 12.6 Å². The molecule has 1 amide bonds. The highest BCUT2D eigenvalue weighted by Gasteiger charge is 2.33. The largest absolute Gasteiger partial charge is 0.354 e. The smallest absolute Gasteiger partial charge is 0.236 e. The lowest BCUT2D eigenvalue weighted by Gasteiger charge is -2.26. The van der Waals surface area contributed by atoms with E-state index in [2.05, 4.69) is 10.2 Å². The normalized spacial score (nSPS) is 24.0. The molecule has 0 radical (unpaired) electrons. The number of hydrogen-bond acceptors (Lipinski definition) is 3. The van der Waals surface area contributed by atoms with Crippen molar-refractivity contribution < 1.29 is 9.18 Å². The van der Waals surface area contributed by atoms with Crippen LogP contribution in [0.3, 0.4) is 0 Å². The molecule has 1 aromatic carbocycles.